The Kier molecular flexibility index (Phi) is 5.70. The van der Waals surface area contributed by atoms with Gasteiger partial charge < -0.3 is 9.32 Å². The quantitative estimate of drug-likeness (QED) is 0.149. The van der Waals surface area contributed by atoms with E-state index in [1.54, 1.807) is 6.08 Å². The lowest BCUT2D eigenvalue weighted by Crippen LogP contribution is -2.30. The van der Waals surface area contributed by atoms with E-state index in [9.17, 15) is 9.59 Å². The number of allylic oxidation sites excluding steroid dienone is 1. The van der Waals surface area contributed by atoms with E-state index >= 15 is 0 Å². The largest absolute Gasteiger partial charge is 0.458 e. The highest BCUT2D eigenvalue weighted by Gasteiger charge is 2.42. The van der Waals surface area contributed by atoms with Crippen molar-refractivity contribution in [2.75, 3.05) is 4.90 Å². The number of benzene rings is 5. The number of ketones is 2. The number of fused-ring (bicyclic) bond motifs is 6. The molecule has 0 N–H and O–H groups in total. The van der Waals surface area contributed by atoms with E-state index in [4.69, 9.17) is 4.42 Å². The first kappa shape index (κ1) is 27.3. The molecule has 2 heterocycles. The minimum Gasteiger partial charge on any atom is -0.458 e. The summed E-state index contributed by atoms with van der Waals surface area (Å²) < 4.78 is 6.63. The average molecular weight is 588 g/mol. The molecule has 0 radical (unpaired) electrons. The van der Waals surface area contributed by atoms with E-state index in [1.165, 1.54) is 5.56 Å². The fourth-order valence-corrected chi connectivity index (χ4v) is 6.95. The van der Waals surface area contributed by atoms with Crippen molar-refractivity contribution in [3.63, 3.8) is 0 Å². The van der Waals surface area contributed by atoms with Crippen LogP contribution in [0.2, 0.25) is 0 Å². The third-order valence-corrected chi connectivity index (χ3v) is 9.44. The lowest BCUT2D eigenvalue weighted by molar-refractivity contribution is 0.0990. The van der Waals surface area contributed by atoms with Crippen molar-refractivity contribution in [3.8, 4) is 0 Å². The molecule has 0 unspecified atom stereocenters. The summed E-state index contributed by atoms with van der Waals surface area (Å²) in [6.45, 7) is 11.0. The van der Waals surface area contributed by atoms with Gasteiger partial charge in [-0.3, -0.25) is 9.59 Å². The van der Waals surface area contributed by atoms with Gasteiger partial charge in [-0.2, -0.15) is 0 Å². The number of hydrogen-bond acceptors (Lipinski definition) is 4. The third kappa shape index (κ3) is 4.05. The molecule has 1 aliphatic heterocycles. The molecule has 0 fully saturated rings. The van der Waals surface area contributed by atoms with Gasteiger partial charge in [0.1, 0.15) is 11.3 Å². The van der Waals surface area contributed by atoms with Crippen LogP contribution in [0.4, 0.5) is 17.1 Å². The monoisotopic (exact) mass is 587 g/mol. The molecule has 6 aromatic rings. The molecule has 0 saturated carbocycles. The molecule has 0 amide bonds. The van der Waals surface area contributed by atoms with Crippen molar-refractivity contribution in [2.24, 2.45) is 0 Å². The highest BCUT2D eigenvalue weighted by atomic mass is 16.3. The summed E-state index contributed by atoms with van der Waals surface area (Å²) in [4.78, 5) is 29.5. The highest BCUT2D eigenvalue weighted by Crippen LogP contribution is 2.55. The normalized spacial score (nSPS) is 15.4. The predicted octanol–water partition coefficient (Wildman–Crippen LogP) is 10.5. The minimum absolute atomic E-state index is 0.0188. The Morgan fingerprint density at radius 1 is 0.733 bits per heavy atom. The predicted molar refractivity (Wildman–Crippen MR) is 182 cm³/mol. The molecule has 2 aliphatic rings. The summed E-state index contributed by atoms with van der Waals surface area (Å²) in [6, 6.07) is 34.6. The zero-order chi connectivity index (χ0) is 31.2. The minimum atomic E-state index is -0.485. The van der Waals surface area contributed by atoms with Crippen molar-refractivity contribution in [1.82, 2.24) is 0 Å². The maximum atomic E-state index is 13.6. The van der Waals surface area contributed by atoms with E-state index in [1.807, 2.05) is 54.6 Å². The van der Waals surface area contributed by atoms with Gasteiger partial charge in [0, 0.05) is 22.2 Å². The summed E-state index contributed by atoms with van der Waals surface area (Å²) >= 11 is 0. The number of anilines is 3. The molecule has 4 heteroatoms. The van der Waals surface area contributed by atoms with Gasteiger partial charge in [0.25, 0.3) is 0 Å². The van der Waals surface area contributed by atoms with Gasteiger partial charge in [0.2, 0.25) is 0 Å². The summed E-state index contributed by atoms with van der Waals surface area (Å²) in [5.41, 5.74) is 7.74. The molecule has 0 atom stereocenters. The number of carbonyl (C=O) groups excluding carboxylic acids is 2. The molecule has 1 aliphatic carbocycles. The highest BCUT2D eigenvalue weighted by molar-refractivity contribution is 6.42. The smallest absolute Gasteiger partial charge is 0.197 e. The topological polar surface area (TPSA) is 50.5 Å². The summed E-state index contributed by atoms with van der Waals surface area (Å²) in [6.07, 6.45) is 1.75. The molecule has 4 nitrogen and oxygen atoms in total. The second-order valence-electron chi connectivity index (χ2n) is 13.8. The number of furan rings is 1. The molecule has 0 spiro atoms. The van der Waals surface area contributed by atoms with Gasteiger partial charge in [-0.1, -0.05) is 75.4 Å². The lowest BCUT2D eigenvalue weighted by atomic mass is 9.76. The van der Waals surface area contributed by atoms with E-state index in [0.29, 0.717) is 11.1 Å². The average Bonchev–Trinajstić information content (AvgIpc) is 3.52. The molecule has 0 saturated heterocycles. The van der Waals surface area contributed by atoms with Crippen LogP contribution in [0.3, 0.4) is 0 Å². The Morgan fingerprint density at radius 3 is 2.09 bits per heavy atom. The van der Waals surface area contributed by atoms with Crippen molar-refractivity contribution < 1.29 is 14.0 Å². The van der Waals surface area contributed by atoms with Crippen molar-refractivity contribution >= 4 is 56.4 Å². The number of hydrogen-bond donors (Lipinski definition) is 0. The molecule has 220 valence electrons. The number of para-hydroxylation sites is 1. The molecule has 5 aromatic carbocycles. The number of rotatable bonds is 2. The van der Waals surface area contributed by atoms with E-state index in [0.717, 1.165) is 55.7 Å². The van der Waals surface area contributed by atoms with Gasteiger partial charge in [0.05, 0.1) is 22.4 Å². The molecule has 8 rings (SSSR count). The Bertz CT molecular complexity index is 2220. The van der Waals surface area contributed by atoms with E-state index < -0.39 is 5.41 Å². The Morgan fingerprint density at radius 2 is 1.40 bits per heavy atom. The van der Waals surface area contributed by atoms with E-state index in [2.05, 4.69) is 88.0 Å². The first-order valence-corrected chi connectivity index (χ1v) is 15.4. The molecular weight excluding hydrogens is 554 g/mol. The number of Topliss-reactive ketones (excluding diaryl/α,β-unsaturated/α-hetero) is 2. The summed E-state index contributed by atoms with van der Waals surface area (Å²) in [7, 11) is 0. The summed E-state index contributed by atoms with van der Waals surface area (Å²) in [5, 5.41) is 2.96. The lowest BCUT2D eigenvalue weighted by Gasteiger charge is -2.39. The van der Waals surface area contributed by atoms with Crippen LogP contribution in [0.25, 0.3) is 27.8 Å². The van der Waals surface area contributed by atoms with E-state index in [-0.39, 0.29) is 22.6 Å². The fourth-order valence-electron chi connectivity index (χ4n) is 6.95. The van der Waals surface area contributed by atoms with Gasteiger partial charge in [-0.15, -0.1) is 0 Å². The fraction of sp³-hybridized carbons (Fsp3) is 0.171. The number of nitrogens with zero attached hydrogens (tertiary/aromatic N) is 1. The van der Waals surface area contributed by atoms with Gasteiger partial charge in [-0.25, -0.2) is 0 Å². The maximum Gasteiger partial charge on any atom is 0.197 e. The van der Waals surface area contributed by atoms with Crippen LogP contribution in [0.15, 0.2) is 113 Å². The van der Waals surface area contributed by atoms with Crippen LogP contribution in [0.5, 0.6) is 0 Å². The first-order valence-electron chi connectivity index (χ1n) is 15.4. The molecule has 1 aromatic heterocycles. The van der Waals surface area contributed by atoms with Crippen LogP contribution in [0.1, 0.15) is 77.8 Å². The number of carbonyl (C=O) groups is 2. The first-order chi connectivity index (χ1) is 21.5. The Balaban J connectivity index is 1.30. The second kappa shape index (κ2) is 9.39. The maximum absolute atomic E-state index is 13.6. The zero-order valence-electron chi connectivity index (χ0n) is 26.1. The summed E-state index contributed by atoms with van der Waals surface area (Å²) in [5.74, 6) is 0.435. The molecule has 45 heavy (non-hydrogen) atoms. The van der Waals surface area contributed by atoms with Crippen molar-refractivity contribution in [1.29, 1.82) is 0 Å². The Hall–Kier alpha value is -5.22. The van der Waals surface area contributed by atoms with Crippen LogP contribution >= 0.6 is 0 Å². The van der Waals surface area contributed by atoms with Gasteiger partial charge in [-0.05, 0) is 101 Å². The SMILES string of the molecule is CC(C)(C)c1cccc(N2c3ccc(C=C4C(=O)c5cc6ccccc6cc5C4=O)cc3C(C)(C)c3oc4ccccc4c32)c1. The van der Waals surface area contributed by atoms with Crippen LogP contribution in [-0.2, 0) is 10.8 Å². The van der Waals surface area contributed by atoms with Crippen LogP contribution < -0.4 is 4.90 Å². The van der Waals surface area contributed by atoms with Crippen LogP contribution in [0, 0.1) is 0 Å². The molecular formula is C41H33NO3. The Labute approximate surface area is 262 Å². The van der Waals surface area contributed by atoms with Crippen LogP contribution in [-0.4, -0.2) is 11.6 Å². The van der Waals surface area contributed by atoms with Crippen molar-refractivity contribution in [2.45, 2.75) is 45.4 Å². The zero-order valence-corrected chi connectivity index (χ0v) is 26.1. The van der Waals surface area contributed by atoms with Crippen molar-refractivity contribution in [3.05, 3.63) is 142 Å². The van der Waals surface area contributed by atoms with Gasteiger partial charge in [0.15, 0.2) is 11.6 Å². The second-order valence-corrected chi connectivity index (χ2v) is 13.8. The van der Waals surface area contributed by atoms with Gasteiger partial charge >= 0.3 is 0 Å². The third-order valence-electron chi connectivity index (χ3n) is 9.44. The standard InChI is InChI=1S/C41H33NO3/c1-40(2,3)27-13-10-14-28(23-27)42-34-18-17-24(20-33(34)41(4,5)39-36(42)29-15-8-9-16-35(29)45-39)19-32-37(43)30-21-25-11-6-7-12-26(25)22-31(30)38(32)44/h6-23H,1-5H3. The molecule has 0 bridgehead atoms.